The summed E-state index contributed by atoms with van der Waals surface area (Å²) in [6, 6.07) is 33.8. The van der Waals surface area contributed by atoms with E-state index >= 15 is 0 Å². The first kappa shape index (κ1) is 28.7. The van der Waals surface area contributed by atoms with E-state index in [-0.39, 0.29) is 29.2 Å². The molecule has 4 rings (SSSR count). The monoisotopic (exact) mass is 538 g/mol. The molecule has 4 aromatic carbocycles. The number of ether oxygens (including phenoxy) is 3. The Hall–Kier alpha value is -4.26. The average Bonchev–Trinajstić information content (AvgIpc) is 2.98. The molecule has 0 spiro atoms. The molecule has 0 heterocycles. The second kappa shape index (κ2) is 13.7. The van der Waals surface area contributed by atoms with Crippen molar-refractivity contribution in [1.29, 1.82) is 0 Å². The summed E-state index contributed by atoms with van der Waals surface area (Å²) in [4.78, 5) is 27.3. The van der Waals surface area contributed by atoms with Crippen LogP contribution in [0.2, 0.25) is 0 Å². The maximum atomic E-state index is 14.0. The van der Waals surface area contributed by atoms with Gasteiger partial charge in [-0.2, -0.15) is 0 Å². The first-order valence-electron chi connectivity index (χ1n) is 13.5. The van der Waals surface area contributed by atoms with E-state index in [0.29, 0.717) is 30.3 Å². The zero-order valence-electron chi connectivity index (χ0n) is 23.3. The van der Waals surface area contributed by atoms with Crippen molar-refractivity contribution in [2.24, 2.45) is 5.92 Å². The van der Waals surface area contributed by atoms with Gasteiger partial charge in [0.25, 0.3) is 0 Å². The van der Waals surface area contributed by atoms with Crippen LogP contribution in [0.3, 0.4) is 0 Å². The molecule has 6 heteroatoms. The first-order valence-corrected chi connectivity index (χ1v) is 13.5. The summed E-state index contributed by atoms with van der Waals surface area (Å²) >= 11 is 0. The average molecular weight is 539 g/mol. The number of hydrogen-bond acceptors (Lipinski definition) is 5. The Bertz CT molecular complexity index is 1370. The van der Waals surface area contributed by atoms with Crippen LogP contribution in [0.15, 0.2) is 109 Å². The number of ketones is 1. The highest BCUT2D eigenvalue weighted by molar-refractivity contribution is 6.00. The van der Waals surface area contributed by atoms with Crippen molar-refractivity contribution in [3.8, 4) is 17.2 Å². The van der Waals surface area contributed by atoms with Gasteiger partial charge in [-0.15, -0.1) is 0 Å². The number of benzene rings is 4. The van der Waals surface area contributed by atoms with Crippen LogP contribution in [0.5, 0.6) is 17.2 Å². The van der Waals surface area contributed by atoms with Crippen molar-refractivity contribution >= 4 is 17.4 Å². The highest BCUT2D eigenvalue weighted by Gasteiger charge is 2.37. The topological polar surface area (TPSA) is 61.8 Å². The molecule has 0 radical (unpaired) electrons. The Morgan fingerprint density at radius 2 is 1.30 bits per heavy atom. The molecule has 0 aliphatic rings. The molecule has 206 valence electrons. The van der Waals surface area contributed by atoms with E-state index < -0.39 is 5.92 Å². The Kier molecular flexibility index (Phi) is 9.84. The number of para-hydroxylation sites is 1. The van der Waals surface area contributed by atoms with Crippen LogP contribution in [0.1, 0.15) is 29.3 Å². The van der Waals surface area contributed by atoms with Crippen LogP contribution in [-0.2, 0) is 16.1 Å². The van der Waals surface area contributed by atoms with E-state index in [1.54, 1.807) is 24.3 Å². The molecule has 1 unspecified atom stereocenters. The minimum atomic E-state index is -0.641. The Morgan fingerprint density at radius 1 is 0.725 bits per heavy atom. The maximum absolute atomic E-state index is 14.0. The number of hydrogen-bond donors (Lipinski definition) is 0. The van der Waals surface area contributed by atoms with Crippen molar-refractivity contribution in [3.05, 3.63) is 120 Å². The van der Waals surface area contributed by atoms with Crippen LogP contribution in [0.4, 0.5) is 5.69 Å². The standard InChI is InChI=1S/C34H36NO5/c1-4-39-30-19-15-27(16-20-30)33(36)23-28(25-38-24-26-11-7-5-8-12-26)34(37)35(2,3)29-17-21-32(22-18-29)40-31-13-9-6-10-14-31/h5-22,28H,4,23-25H2,1-3H3/q+1. The van der Waals surface area contributed by atoms with Gasteiger partial charge in [-0.05, 0) is 61.0 Å². The maximum Gasteiger partial charge on any atom is 0.324 e. The summed E-state index contributed by atoms with van der Waals surface area (Å²) in [6.07, 6.45) is 0.0402. The number of carbonyl (C=O) groups is 2. The van der Waals surface area contributed by atoms with Crippen LogP contribution in [-0.4, -0.2) is 39.0 Å². The third-order valence-electron chi connectivity index (χ3n) is 6.71. The number of quaternary nitrogens is 1. The fourth-order valence-electron chi connectivity index (χ4n) is 4.45. The molecule has 40 heavy (non-hydrogen) atoms. The lowest BCUT2D eigenvalue weighted by Gasteiger charge is -2.30. The zero-order chi connectivity index (χ0) is 28.4. The zero-order valence-corrected chi connectivity index (χ0v) is 23.3. The minimum Gasteiger partial charge on any atom is -0.494 e. The van der Waals surface area contributed by atoms with Crippen LogP contribution < -0.4 is 14.0 Å². The number of nitrogens with zero attached hydrogens (tertiary/aromatic N) is 1. The number of Topliss-reactive ketones (excluding diaryl/α,β-unsaturated/α-hetero) is 1. The molecule has 0 fully saturated rings. The van der Waals surface area contributed by atoms with Crippen LogP contribution in [0.25, 0.3) is 0 Å². The predicted octanol–water partition coefficient (Wildman–Crippen LogP) is 7.08. The molecule has 1 amide bonds. The molecular weight excluding hydrogens is 502 g/mol. The Labute approximate surface area is 236 Å². The molecule has 6 nitrogen and oxygen atoms in total. The van der Waals surface area contributed by atoms with Crippen LogP contribution in [0, 0.1) is 5.92 Å². The number of rotatable bonds is 13. The summed E-state index contributed by atoms with van der Waals surface area (Å²) in [5, 5.41) is 0. The molecular formula is C34H36NO5+. The molecule has 0 bridgehead atoms. The van der Waals surface area contributed by atoms with Gasteiger partial charge in [-0.3, -0.25) is 4.79 Å². The highest BCUT2D eigenvalue weighted by atomic mass is 16.5. The predicted molar refractivity (Wildman–Crippen MR) is 158 cm³/mol. The fraction of sp³-hybridized carbons (Fsp3) is 0.235. The van der Waals surface area contributed by atoms with Crippen molar-refractivity contribution in [1.82, 2.24) is 4.48 Å². The van der Waals surface area contributed by atoms with Gasteiger partial charge in [0.15, 0.2) is 5.78 Å². The Morgan fingerprint density at radius 3 is 1.93 bits per heavy atom. The van der Waals surface area contributed by atoms with Gasteiger partial charge >= 0.3 is 5.91 Å². The number of carbonyl (C=O) groups excluding carboxylic acids is 2. The summed E-state index contributed by atoms with van der Waals surface area (Å²) in [6.45, 7) is 2.96. The highest BCUT2D eigenvalue weighted by Crippen LogP contribution is 2.29. The molecule has 1 atom stereocenters. The van der Waals surface area contributed by atoms with Gasteiger partial charge in [0.05, 0.1) is 33.9 Å². The second-order valence-electron chi connectivity index (χ2n) is 9.98. The molecule has 0 aromatic heterocycles. The van der Waals surface area contributed by atoms with Crippen molar-refractivity contribution < 1.29 is 23.8 Å². The SMILES string of the molecule is CCOc1ccc(C(=O)CC(COCc2ccccc2)C(=O)[N+](C)(C)c2ccc(Oc3ccccc3)cc2)cc1. The Balaban J connectivity index is 1.50. The van der Waals surface area contributed by atoms with Crippen molar-refractivity contribution in [2.75, 3.05) is 27.3 Å². The quantitative estimate of drug-likeness (QED) is 0.134. The van der Waals surface area contributed by atoms with E-state index in [9.17, 15) is 9.59 Å². The first-order chi connectivity index (χ1) is 19.4. The minimum absolute atomic E-state index is 0.0401. The van der Waals surface area contributed by atoms with Gasteiger partial charge in [-0.1, -0.05) is 48.5 Å². The van der Waals surface area contributed by atoms with E-state index in [4.69, 9.17) is 14.2 Å². The van der Waals surface area contributed by atoms with Gasteiger partial charge in [0.2, 0.25) is 0 Å². The molecule has 0 saturated heterocycles. The van der Waals surface area contributed by atoms with E-state index in [1.165, 1.54) is 0 Å². The summed E-state index contributed by atoms with van der Waals surface area (Å²) in [5.41, 5.74) is 2.33. The second-order valence-corrected chi connectivity index (χ2v) is 9.98. The van der Waals surface area contributed by atoms with Gasteiger partial charge < -0.3 is 14.2 Å². The molecule has 0 N–H and O–H groups in total. The molecule has 0 aliphatic heterocycles. The summed E-state index contributed by atoms with van der Waals surface area (Å²) in [7, 11) is 3.67. The largest absolute Gasteiger partial charge is 0.494 e. The van der Waals surface area contributed by atoms with Crippen molar-refractivity contribution in [3.63, 3.8) is 0 Å². The summed E-state index contributed by atoms with van der Waals surface area (Å²) < 4.78 is 17.3. The molecule has 4 aromatic rings. The van der Waals surface area contributed by atoms with E-state index in [0.717, 1.165) is 17.0 Å². The van der Waals surface area contributed by atoms with Gasteiger partial charge in [0.1, 0.15) is 28.9 Å². The summed E-state index contributed by atoms with van der Waals surface area (Å²) in [5.74, 6) is 1.26. The van der Waals surface area contributed by atoms with E-state index in [1.807, 2.05) is 106 Å². The van der Waals surface area contributed by atoms with Crippen molar-refractivity contribution in [2.45, 2.75) is 20.0 Å². The lowest BCUT2D eigenvalue weighted by Crippen LogP contribution is -2.51. The lowest BCUT2D eigenvalue weighted by molar-refractivity contribution is -0.134. The van der Waals surface area contributed by atoms with E-state index in [2.05, 4.69) is 0 Å². The molecule has 0 saturated carbocycles. The molecule has 0 aliphatic carbocycles. The fourth-order valence-corrected chi connectivity index (χ4v) is 4.45. The van der Waals surface area contributed by atoms with Gasteiger partial charge in [-0.25, -0.2) is 9.28 Å². The number of amides is 1. The lowest BCUT2D eigenvalue weighted by atomic mass is 9.96. The normalized spacial score (nSPS) is 12.0. The third-order valence-corrected chi connectivity index (χ3v) is 6.71. The smallest absolute Gasteiger partial charge is 0.324 e. The van der Waals surface area contributed by atoms with Crippen LogP contribution >= 0.6 is 0 Å². The third kappa shape index (κ3) is 7.65. The van der Waals surface area contributed by atoms with Gasteiger partial charge in [0, 0.05) is 24.1 Å².